The Morgan fingerprint density at radius 1 is 1.00 bits per heavy atom. The zero-order valence-electron chi connectivity index (χ0n) is 20.5. The predicted octanol–water partition coefficient (Wildman–Crippen LogP) is 4.40. The lowest BCUT2D eigenvalue weighted by Crippen LogP contribution is -2.49. The summed E-state index contributed by atoms with van der Waals surface area (Å²) in [5.41, 5.74) is 1.94. The zero-order valence-corrected chi connectivity index (χ0v) is 21.3. The fourth-order valence-electron chi connectivity index (χ4n) is 3.88. The molecule has 1 aromatic heterocycles. The van der Waals surface area contributed by atoms with Crippen LogP contribution in [0.1, 0.15) is 24.5 Å². The maximum Gasteiger partial charge on any atom is 0.247 e. The van der Waals surface area contributed by atoms with Gasteiger partial charge >= 0.3 is 0 Å². The van der Waals surface area contributed by atoms with E-state index in [1.54, 1.807) is 43.3 Å². The van der Waals surface area contributed by atoms with E-state index in [0.29, 0.717) is 22.6 Å². The number of benzene rings is 3. The van der Waals surface area contributed by atoms with Crippen LogP contribution in [-0.4, -0.2) is 43.0 Å². The van der Waals surface area contributed by atoms with E-state index in [9.17, 15) is 18.4 Å². The number of carbonyl (C=O) groups excluding carboxylic acids is 2. The Bertz CT molecular complexity index is 1400. The molecule has 0 aliphatic carbocycles. The Kier molecular flexibility index (Phi) is 8.75. The fourth-order valence-corrected chi connectivity index (χ4v) is 4.07. The van der Waals surface area contributed by atoms with E-state index in [4.69, 9.17) is 11.6 Å². The molecule has 0 spiro atoms. The molecule has 0 radical (unpaired) electrons. The smallest absolute Gasteiger partial charge is 0.247 e. The van der Waals surface area contributed by atoms with E-state index in [2.05, 4.69) is 20.7 Å². The number of aromatic nitrogens is 4. The molecule has 0 saturated carbocycles. The second-order valence-electron chi connectivity index (χ2n) is 8.53. The molecule has 0 unspecified atom stereocenters. The number of nitrogens with zero attached hydrogens (tertiary/aromatic N) is 5. The Labute approximate surface area is 223 Å². The summed E-state index contributed by atoms with van der Waals surface area (Å²) in [6.07, 6.45) is 0.330. The molecule has 0 bridgehead atoms. The van der Waals surface area contributed by atoms with Crippen molar-refractivity contribution in [3.63, 3.8) is 0 Å². The van der Waals surface area contributed by atoms with Gasteiger partial charge in [0.1, 0.15) is 24.2 Å². The first-order valence-electron chi connectivity index (χ1n) is 11.9. The van der Waals surface area contributed by atoms with Crippen LogP contribution in [-0.2, 0) is 29.2 Å². The monoisotopic (exact) mass is 538 g/mol. The van der Waals surface area contributed by atoms with Gasteiger partial charge in [0.25, 0.3) is 0 Å². The van der Waals surface area contributed by atoms with Gasteiger partial charge in [0.05, 0.1) is 0 Å². The molecule has 196 valence electrons. The van der Waals surface area contributed by atoms with Crippen molar-refractivity contribution in [3.05, 3.63) is 101 Å². The Balaban J connectivity index is 1.53. The maximum atomic E-state index is 13.5. The van der Waals surface area contributed by atoms with Crippen LogP contribution in [0.2, 0.25) is 5.02 Å². The number of hydrogen-bond acceptors (Lipinski definition) is 5. The summed E-state index contributed by atoms with van der Waals surface area (Å²) in [7, 11) is 0. The number of amides is 2. The van der Waals surface area contributed by atoms with Crippen molar-refractivity contribution in [1.82, 2.24) is 30.4 Å². The number of carbonyl (C=O) groups is 2. The van der Waals surface area contributed by atoms with Gasteiger partial charge in [0.2, 0.25) is 17.6 Å². The average Bonchev–Trinajstić information content (AvgIpc) is 3.38. The van der Waals surface area contributed by atoms with Crippen molar-refractivity contribution in [2.24, 2.45) is 0 Å². The molecular formula is C27H25ClF2N6O2. The predicted molar refractivity (Wildman–Crippen MR) is 138 cm³/mol. The molecule has 38 heavy (non-hydrogen) atoms. The molecule has 0 saturated heterocycles. The maximum absolute atomic E-state index is 13.5. The highest BCUT2D eigenvalue weighted by Crippen LogP contribution is 2.20. The van der Waals surface area contributed by atoms with Gasteiger partial charge in [0.15, 0.2) is 0 Å². The van der Waals surface area contributed by atoms with Gasteiger partial charge in [-0.25, -0.2) is 8.78 Å². The number of nitrogens with one attached hydrogen (secondary N) is 1. The molecular weight excluding hydrogens is 514 g/mol. The minimum Gasteiger partial charge on any atom is -0.350 e. The van der Waals surface area contributed by atoms with Crippen molar-refractivity contribution in [2.75, 3.05) is 0 Å². The summed E-state index contributed by atoms with van der Waals surface area (Å²) >= 11 is 6.36. The van der Waals surface area contributed by atoms with Gasteiger partial charge in [-0.15, -0.1) is 10.2 Å². The van der Waals surface area contributed by atoms with Crippen molar-refractivity contribution in [1.29, 1.82) is 0 Å². The van der Waals surface area contributed by atoms with Crippen molar-refractivity contribution in [2.45, 2.75) is 39.0 Å². The summed E-state index contributed by atoms with van der Waals surface area (Å²) in [6.45, 7) is 1.78. The van der Waals surface area contributed by atoms with E-state index in [0.717, 1.165) is 10.4 Å². The van der Waals surface area contributed by atoms with Crippen LogP contribution in [0.15, 0.2) is 72.8 Å². The van der Waals surface area contributed by atoms with E-state index in [1.807, 2.05) is 0 Å². The summed E-state index contributed by atoms with van der Waals surface area (Å²) < 4.78 is 26.5. The molecule has 0 aliphatic heterocycles. The standard InChI is InChI=1S/C27H25ClF2N6O2/c1-2-24(27(38)31-15-18-7-11-21(29)12-8-18)35(16-20-5-3-4-6-23(20)28)25(37)17-36-33-26(32-34-36)19-9-13-22(30)14-10-19/h3-14,24H,2,15-17H2,1H3,(H,31,38)/t24-/m0/s1. The van der Waals surface area contributed by atoms with Crippen molar-refractivity contribution >= 4 is 23.4 Å². The van der Waals surface area contributed by atoms with Gasteiger partial charge in [-0.05, 0) is 65.2 Å². The van der Waals surface area contributed by atoms with Crippen molar-refractivity contribution in [3.8, 4) is 11.4 Å². The molecule has 1 atom stereocenters. The summed E-state index contributed by atoms with van der Waals surface area (Å²) in [6, 6.07) is 17.6. The van der Waals surface area contributed by atoms with Gasteiger partial charge < -0.3 is 10.2 Å². The molecule has 0 fully saturated rings. The quantitative estimate of drug-likeness (QED) is 0.323. The van der Waals surface area contributed by atoms with E-state index in [1.165, 1.54) is 41.3 Å². The van der Waals surface area contributed by atoms with E-state index >= 15 is 0 Å². The zero-order chi connectivity index (χ0) is 27.1. The van der Waals surface area contributed by atoms with Gasteiger partial charge in [-0.2, -0.15) is 4.80 Å². The highest BCUT2D eigenvalue weighted by molar-refractivity contribution is 6.31. The first-order valence-corrected chi connectivity index (χ1v) is 12.3. The summed E-state index contributed by atoms with van der Waals surface area (Å²) in [5.74, 6) is -1.31. The van der Waals surface area contributed by atoms with Crippen LogP contribution in [0.5, 0.6) is 0 Å². The normalized spacial score (nSPS) is 11.7. The largest absolute Gasteiger partial charge is 0.350 e. The van der Waals surface area contributed by atoms with E-state index in [-0.39, 0.29) is 37.2 Å². The van der Waals surface area contributed by atoms with Crippen molar-refractivity contribution < 1.29 is 18.4 Å². The highest BCUT2D eigenvalue weighted by Gasteiger charge is 2.29. The van der Waals surface area contributed by atoms with E-state index < -0.39 is 17.8 Å². The number of hydrogen-bond donors (Lipinski definition) is 1. The third-order valence-corrected chi connectivity index (χ3v) is 6.27. The SMILES string of the molecule is CC[C@@H](C(=O)NCc1ccc(F)cc1)N(Cc1ccccc1Cl)C(=O)Cn1nnc(-c2ccc(F)cc2)n1. The molecule has 2 amide bonds. The minimum absolute atomic E-state index is 0.0838. The molecule has 11 heteroatoms. The Morgan fingerprint density at radius 3 is 2.32 bits per heavy atom. The molecule has 1 N–H and O–H groups in total. The summed E-state index contributed by atoms with van der Waals surface area (Å²) in [5, 5.41) is 15.4. The Morgan fingerprint density at radius 2 is 1.66 bits per heavy atom. The molecule has 4 aromatic rings. The number of halogens is 3. The first kappa shape index (κ1) is 26.9. The van der Waals surface area contributed by atoms with Gasteiger partial charge in [-0.1, -0.05) is 48.9 Å². The molecule has 8 nitrogen and oxygen atoms in total. The molecule has 3 aromatic carbocycles. The van der Waals surface area contributed by atoms with Crippen LogP contribution < -0.4 is 5.32 Å². The number of rotatable bonds is 10. The topological polar surface area (TPSA) is 93.0 Å². The lowest BCUT2D eigenvalue weighted by molar-refractivity contribution is -0.142. The fraction of sp³-hybridized carbons (Fsp3) is 0.222. The lowest BCUT2D eigenvalue weighted by Gasteiger charge is -2.30. The van der Waals surface area contributed by atoms with Crippen LogP contribution in [0.25, 0.3) is 11.4 Å². The van der Waals surface area contributed by atoms with Crippen LogP contribution in [0.3, 0.4) is 0 Å². The average molecular weight is 539 g/mol. The third kappa shape index (κ3) is 6.77. The Hall–Kier alpha value is -4.18. The summed E-state index contributed by atoms with van der Waals surface area (Å²) in [4.78, 5) is 29.3. The second kappa shape index (κ2) is 12.4. The molecule has 0 aliphatic rings. The minimum atomic E-state index is -0.820. The second-order valence-corrected chi connectivity index (χ2v) is 8.94. The van der Waals surface area contributed by atoms with Gasteiger partial charge in [0, 0.05) is 23.7 Å². The first-order chi connectivity index (χ1) is 18.3. The van der Waals surface area contributed by atoms with Gasteiger partial charge in [-0.3, -0.25) is 9.59 Å². The van der Waals surface area contributed by atoms with Crippen LogP contribution in [0, 0.1) is 11.6 Å². The number of tetrazole rings is 1. The molecule has 4 rings (SSSR count). The highest BCUT2D eigenvalue weighted by atomic mass is 35.5. The van der Waals surface area contributed by atoms with Crippen LogP contribution in [0.4, 0.5) is 8.78 Å². The lowest BCUT2D eigenvalue weighted by atomic mass is 10.1. The third-order valence-electron chi connectivity index (χ3n) is 5.90. The molecule has 1 heterocycles. The van der Waals surface area contributed by atoms with Crippen LogP contribution >= 0.6 is 11.6 Å².